The summed E-state index contributed by atoms with van der Waals surface area (Å²) < 4.78 is 0. The Balaban J connectivity index is 1.95. The second-order valence-electron chi connectivity index (χ2n) is 4.38. The molecule has 1 unspecified atom stereocenters. The van der Waals surface area contributed by atoms with Crippen molar-refractivity contribution in [1.29, 1.82) is 0 Å². The van der Waals surface area contributed by atoms with Crippen molar-refractivity contribution in [2.24, 2.45) is 0 Å². The summed E-state index contributed by atoms with van der Waals surface area (Å²) in [5.74, 6) is 0. The molecule has 17 heavy (non-hydrogen) atoms. The SMILES string of the molecule is Cc1cccc(CNC(C)c2cccnc2)c1. The summed E-state index contributed by atoms with van der Waals surface area (Å²) in [6.45, 7) is 5.17. The molecule has 1 aromatic heterocycles. The minimum atomic E-state index is 0.323. The Morgan fingerprint density at radius 3 is 2.82 bits per heavy atom. The van der Waals surface area contributed by atoms with Crippen LogP contribution >= 0.6 is 0 Å². The molecule has 2 aromatic rings. The van der Waals surface area contributed by atoms with E-state index in [1.54, 1.807) is 6.20 Å². The Hall–Kier alpha value is -1.67. The minimum absolute atomic E-state index is 0.323. The Labute approximate surface area is 103 Å². The van der Waals surface area contributed by atoms with Gasteiger partial charge in [0.1, 0.15) is 0 Å². The lowest BCUT2D eigenvalue weighted by atomic mass is 10.1. The largest absolute Gasteiger partial charge is 0.306 e. The van der Waals surface area contributed by atoms with E-state index in [1.165, 1.54) is 16.7 Å². The molecule has 2 nitrogen and oxygen atoms in total. The highest BCUT2D eigenvalue weighted by Crippen LogP contribution is 2.11. The molecule has 2 rings (SSSR count). The molecular weight excluding hydrogens is 208 g/mol. The number of aromatic nitrogens is 1. The summed E-state index contributed by atoms with van der Waals surface area (Å²) >= 11 is 0. The third-order valence-electron chi connectivity index (χ3n) is 2.88. The lowest BCUT2D eigenvalue weighted by Crippen LogP contribution is -2.18. The van der Waals surface area contributed by atoms with Crippen molar-refractivity contribution >= 4 is 0 Å². The fraction of sp³-hybridized carbons (Fsp3) is 0.267. The number of benzene rings is 1. The minimum Gasteiger partial charge on any atom is -0.306 e. The lowest BCUT2D eigenvalue weighted by molar-refractivity contribution is 0.573. The van der Waals surface area contributed by atoms with Crippen LogP contribution in [0.1, 0.15) is 29.7 Å². The molecule has 1 heterocycles. The zero-order valence-electron chi connectivity index (χ0n) is 10.4. The van der Waals surface area contributed by atoms with Crippen LogP contribution in [0, 0.1) is 6.92 Å². The van der Waals surface area contributed by atoms with Gasteiger partial charge in [0.15, 0.2) is 0 Å². The summed E-state index contributed by atoms with van der Waals surface area (Å²) in [5, 5.41) is 3.50. The smallest absolute Gasteiger partial charge is 0.0315 e. The second kappa shape index (κ2) is 5.60. The van der Waals surface area contributed by atoms with E-state index in [-0.39, 0.29) is 0 Å². The molecule has 1 atom stereocenters. The quantitative estimate of drug-likeness (QED) is 0.865. The van der Waals surface area contributed by atoms with Crippen molar-refractivity contribution in [3.05, 3.63) is 65.5 Å². The van der Waals surface area contributed by atoms with Crippen LogP contribution in [0.25, 0.3) is 0 Å². The molecule has 88 valence electrons. The molecule has 0 bridgehead atoms. The third-order valence-corrected chi connectivity index (χ3v) is 2.88. The highest BCUT2D eigenvalue weighted by atomic mass is 14.9. The van der Waals surface area contributed by atoms with E-state index in [9.17, 15) is 0 Å². The topological polar surface area (TPSA) is 24.9 Å². The number of nitrogens with one attached hydrogen (secondary N) is 1. The molecule has 0 aliphatic rings. The fourth-order valence-corrected chi connectivity index (χ4v) is 1.84. The molecule has 0 aliphatic carbocycles. The highest BCUT2D eigenvalue weighted by molar-refractivity contribution is 5.22. The third kappa shape index (κ3) is 3.40. The van der Waals surface area contributed by atoms with Gasteiger partial charge in [0.05, 0.1) is 0 Å². The Kier molecular flexibility index (Phi) is 3.89. The standard InChI is InChI=1S/C15H18N2/c1-12-5-3-6-14(9-12)10-17-13(2)15-7-4-8-16-11-15/h3-9,11,13,17H,10H2,1-2H3. The van der Waals surface area contributed by atoms with E-state index < -0.39 is 0 Å². The van der Waals surface area contributed by atoms with Gasteiger partial charge >= 0.3 is 0 Å². The van der Waals surface area contributed by atoms with Crippen molar-refractivity contribution in [3.63, 3.8) is 0 Å². The first kappa shape index (κ1) is 11.8. The van der Waals surface area contributed by atoms with Crippen molar-refractivity contribution in [2.75, 3.05) is 0 Å². The van der Waals surface area contributed by atoms with Gasteiger partial charge in [-0.2, -0.15) is 0 Å². The maximum absolute atomic E-state index is 4.13. The number of pyridine rings is 1. The number of hydrogen-bond acceptors (Lipinski definition) is 2. The van der Waals surface area contributed by atoms with Gasteiger partial charge in [0, 0.05) is 25.0 Å². The van der Waals surface area contributed by atoms with Crippen molar-refractivity contribution in [2.45, 2.75) is 26.4 Å². The molecule has 0 fully saturated rings. The molecule has 0 radical (unpaired) electrons. The van der Waals surface area contributed by atoms with Crippen LogP contribution in [0.15, 0.2) is 48.8 Å². The molecule has 2 heteroatoms. The van der Waals surface area contributed by atoms with Gasteiger partial charge in [-0.1, -0.05) is 35.9 Å². The maximum atomic E-state index is 4.13. The summed E-state index contributed by atoms with van der Waals surface area (Å²) in [6, 6.07) is 13.0. The van der Waals surface area contributed by atoms with E-state index in [1.807, 2.05) is 12.3 Å². The summed E-state index contributed by atoms with van der Waals surface area (Å²) in [4.78, 5) is 4.13. The Morgan fingerprint density at radius 1 is 1.24 bits per heavy atom. The van der Waals surface area contributed by atoms with Gasteiger partial charge in [0.25, 0.3) is 0 Å². The van der Waals surface area contributed by atoms with Crippen LogP contribution in [0.5, 0.6) is 0 Å². The van der Waals surface area contributed by atoms with Crippen LogP contribution in [0.3, 0.4) is 0 Å². The van der Waals surface area contributed by atoms with Crippen LogP contribution < -0.4 is 5.32 Å². The molecule has 0 spiro atoms. The molecule has 1 N–H and O–H groups in total. The Morgan fingerprint density at radius 2 is 2.12 bits per heavy atom. The van der Waals surface area contributed by atoms with E-state index >= 15 is 0 Å². The van der Waals surface area contributed by atoms with Crippen LogP contribution in [-0.2, 0) is 6.54 Å². The first-order valence-electron chi connectivity index (χ1n) is 5.94. The molecule has 1 aromatic carbocycles. The summed E-state index contributed by atoms with van der Waals surface area (Å²) in [5.41, 5.74) is 3.85. The second-order valence-corrected chi connectivity index (χ2v) is 4.38. The first-order chi connectivity index (χ1) is 8.25. The number of aryl methyl sites for hydroxylation is 1. The zero-order valence-corrected chi connectivity index (χ0v) is 10.4. The van der Waals surface area contributed by atoms with E-state index in [0.29, 0.717) is 6.04 Å². The predicted octanol–water partition coefficient (Wildman–Crippen LogP) is 3.24. The monoisotopic (exact) mass is 226 g/mol. The molecule has 0 saturated heterocycles. The van der Waals surface area contributed by atoms with Crippen molar-refractivity contribution in [3.8, 4) is 0 Å². The van der Waals surface area contributed by atoms with Gasteiger partial charge in [0.2, 0.25) is 0 Å². The van der Waals surface area contributed by atoms with Crippen LogP contribution in [-0.4, -0.2) is 4.98 Å². The molecular formula is C15H18N2. The van der Waals surface area contributed by atoms with Crippen LogP contribution in [0.4, 0.5) is 0 Å². The number of nitrogens with zero attached hydrogens (tertiary/aromatic N) is 1. The van der Waals surface area contributed by atoms with Crippen LogP contribution in [0.2, 0.25) is 0 Å². The average Bonchev–Trinajstić information content (AvgIpc) is 2.37. The predicted molar refractivity (Wildman–Crippen MR) is 70.7 cm³/mol. The molecule has 0 saturated carbocycles. The average molecular weight is 226 g/mol. The van der Waals surface area contributed by atoms with E-state index in [2.05, 4.69) is 54.5 Å². The fourth-order valence-electron chi connectivity index (χ4n) is 1.84. The Bertz CT molecular complexity index is 465. The number of hydrogen-bond donors (Lipinski definition) is 1. The van der Waals surface area contributed by atoms with Crippen molar-refractivity contribution in [1.82, 2.24) is 10.3 Å². The molecule has 0 aliphatic heterocycles. The van der Waals surface area contributed by atoms with Gasteiger partial charge < -0.3 is 5.32 Å². The van der Waals surface area contributed by atoms with Crippen molar-refractivity contribution < 1.29 is 0 Å². The van der Waals surface area contributed by atoms with Gasteiger partial charge in [-0.25, -0.2) is 0 Å². The highest BCUT2D eigenvalue weighted by Gasteiger charge is 2.04. The van der Waals surface area contributed by atoms with Gasteiger partial charge in [-0.05, 0) is 31.0 Å². The normalized spacial score (nSPS) is 12.4. The lowest BCUT2D eigenvalue weighted by Gasteiger charge is -2.14. The van der Waals surface area contributed by atoms with E-state index in [0.717, 1.165) is 6.54 Å². The van der Waals surface area contributed by atoms with E-state index in [4.69, 9.17) is 0 Å². The van der Waals surface area contributed by atoms with Gasteiger partial charge in [-0.3, -0.25) is 4.98 Å². The zero-order chi connectivity index (χ0) is 12.1. The number of rotatable bonds is 4. The summed E-state index contributed by atoms with van der Waals surface area (Å²) in [6.07, 6.45) is 3.71. The summed E-state index contributed by atoms with van der Waals surface area (Å²) in [7, 11) is 0. The molecule has 0 amide bonds. The first-order valence-corrected chi connectivity index (χ1v) is 5.94. The maximum Gasteiger partial charge on any atom is 0.0315 e. The van der Waals surface area contributed by atoms with Gasteiger partial charge in [-0.15, -0.1) is 0 Å².